The summed E-state index contributed by atoms with van der Waals surface area (Å²) in [5.74, 6) is -0.0871. The number of nitrogens with zero attached hydrogens (tertiary/aromatic N) is 4. The molecular weight excluding hydrogens is 290 g/mol. The van der Waals surface area contributed by atoms with Gasteiger partial charge in [0, 0.05) is 33.1 Å². The van der Waals surface area contributed by atoms with E-state index < -0.39 is 0 Å². The van der Waals surface area contributed by atoms with Gasteiger partial charge in [-0.05, 0) is 19.3 Å². The molecule has 21 heavy (non-hydrogen) atoms. The first-order valence-electron chi connectivity index (χ1n) is 7.10. The summed E-state index contributed by atoms with van der Waals surface area (Å²) in [5.41, 5.74) is 0. The number of aryl methyl sites for hydroxylation is 1. The molecule has 1 saturated heterocycles. The summed E-state index contributed by atoms with van der Waals surface area (Å²) in [6, 6.07) is 0.00516. The fraction of sp³-hybridized carbons (Fsp3) is 0.692. The van der Waals surface area contributed by atoms with Crippen LogP contribution in [0.4, 0.5) is 9.93 Å². The number of anilines is 1. The second-order valence-corrected chi connectivity index (χ2v) is 6.34. The lowest BCUT2D eigenvalue weighted by Gasteiger charge is -2.32. The minimum absolute atomic E-state index is 0.00516. The predicted octanol–water partition coefficient (Wildman–Crippen LogP) is 1.43. The van der Waals surface area contributed by atoms with Gasteiger partial charge in [-0.1, -0.05) is 18.3 Å². The number of hydrogen-bond donors (Lipinski definition) is 1. The van der Waals surface area contributed by atoms with Gasteiger partial charge in [0.15, 0.2) is 0 Å². The molecule has 2 heterocycles. The van der Waals surface area contributed by atoms with E-state index in [-0.39, 0.29) is 17.9 Å². The van der Waals surface area contributed by atoms with Crippen LogP contribution in [0.2, 0.25) is 0 Å². The Labute approximate surface area is 128 Å². The maximum Gasteiger partial charge on any atom is 0.319 e. The fourth-order valence-electron chi connectivity index (χ4n) is 2.27. The van der Waals surface area contributed by atoms with Crippen molar-refractivity contribution in [1.29, 1.82) is 0 Å². The molecule has 0 aliphatic carbocycles. The zero-order chi connectivity index (χ0) is 15.4. The van der Waals surface area contributed by atoms with Crippen molar-refractivity contribution in [3.63, 3.8) is 0 Å². The van der Waals surface area contributed by atoms with E-state index in [0.29, 0.717) is 31.1 Å². The van der Waals surface area contributed by atoms with Gasteiger partial charge in [0.05, 0.1) is 0 Å². The topological polar surface area (TPSA) is 78.4 Å². The highest BCUT2D eigenvalue weighted by molar-refractivity contribution is 7.15. The highest BCUT2D eigenvalue weighted by atomic mass is 32.1. The summed E-state index contributed by atoms with van der Waals surface area (Å²) in [6.45, 7) is 3.24. The molecule has 0 atom stereocenters. The highest BCUT2D eigenvalue weighted by Crippen LogP contribution is 2.21. The number of carbonyl (C=O) groups is 2. The van der Waals surface area contributed by atoms with E-state index >= 15 is 0 Å². The van der Waals surface area contributed by atoms with Crippen molar-refractivity contribution < 1.29 is 9.59 Å². The Morgan fingerprint density at radius 1 is 1.33 bits per heavy atom. The fourth-order valence-corrected chi connectivity index (χ4v) is 2.95. The third-order valence-corrected chi connectivity index (χ3v) is 4.50. The minimum Gasteiger partial charge on any atom is -0.331 e. The predicted molar refractivity (Wildman–Crippen MR) is 81.3 cm³/mol. The van der Waals surface area contributed by atoms with Crippen molar-refractivity contribution in [3.05, 3.63) is 5.01 Å². The third-order valence-electron chi connectivity index (χ3n) is 3.52. The van der Waals surface area contributed by atoms with Crippen molar-refractivity contribution in [1.82, 2.24) is 20.0 Å². The zero-order valence-corrected chi connectivity index (χ0v) is 13.4. The van der Waals surface area contributed by atoms with Crippen LogP contribution < -0.4 is 5.32 Å². The van der Waals surface area contributed by atoms with Crippen molar-refractivity contribution in [2.75, 3.05) is 32.5 Å². The Balaban J connectivity index is 1.84. The number of aromatic nitrogens is 2. The second-order valence-electron chi connectivity index (χ2n) is 5.28. The van der Waals surface area contributed by atoms with Crippen LogP contribution in [0.25, 0.3) is 0 Å². The summed E-state index contributed by atoms with van der Waals surface area (Å²) >= 11 is 1.41. The number of nitrogens with one attached hydrogen (secondary N) is 1. The molecular formula is C13H21N5O2S. The first-order valence-corrected chi connectivity index (χ1v) is 7.92. The Morgan fingerprint density at radius 2 is 2.00 bits per heavy atom. The summed E-state index contributed by atoms with van der Waals surface area (Å²) in [7, 11) is 3.48. The molecule has 7 nitrogen and oxygen atoms in total. The Kier molecular flexibility index (Phi) is 5.11. The van der Waals surface area contributed by atoms with Gasteiger partial charge in [-0.2, -0.15) is 0 Å². The number of piperidine rings is 1. The molecule has 0 unspecified atom stereocenters. The van der Waals surface area contributed by atoms with Gasteiger partial charge >= 0.3 is 6.03 Å². The lowest BCUT2D eigenvalue weighted by molar-refractivity contribution is -0.121. The molecule has 1 N–H and O–H groups in total. The van der Waals surface area contributed by atoms with Gasteiger partial charge in [-0.3, -0.25) is 4.79 Å². The van der Waals surface area contributed by atoms with Gasteiger partial charge < -0.3 is 15.1 Å². The number of hydrogen-bond acceptors (Lipinski definition) is 5. The van der Waals surface area contributed by atoms with E-state index in [1.165, 1.54) is 11.3 Å². The number of amides is 3. The van der Waals surface area contributed by atoms with Gasteiger partial charge in [0.1, 0.15) is 5.01 Å². The average molecular weight is 311 g/mol. The quantitative estimate of drug-likeness (QED) is 0.916. The normalized spacial score (nSPS) is 15.9. The molecule has 0 spiro atoms. The van der Waals surface area contributed by atoms with Crippen molar-refractivity contribution in [2.24, 2.45) is 5.92 Å². The van der Waals surface area contributed by atoms with Gasteiger partial charge in [-0.25, -0.2) is 4.79 Å². The van der Waals surface area contributed by atoms with E-state index in [1.54, 1.807) is 23.9 Å². The standard InChI is InChI=1S/C13H21N5O2S/c1-4-10-15-16-12(21-10)14-11(19)9-5-7-18(8-6-9)13(20)17(2)3/h9H,4-8H2,1-3H3,(H,14,16,19). The van der Waals surface area contributed by atoms with Crippen molar-refractivity contribution >= 4 is 28.4 Å². The van der Waals surface area contributed by atoms with Crippen LogP contribution in [-0.4, -0.2) is 59.1 Å². The van der Waals surface area contributed by atoms with Crippen LogP contribution in [0.15, 0.2) is 0 Å². The molecule has 0 saturated carbocycles. The first kappa shape index (κ1) is 15.7. The van der Waals surface area contributed by atoms with Crippen LogP contribution in [0.3, 0.4) is 0 Å². The van der Waals surface area contributed by atoms with E-state index in [4.69, 9.17) is 0 Å². The summed E-state index contributed by atoms with van der Waals surface area (Å²) in [4.78, 5) is 27.4. The van der Waals surface area contributed by atoms with Gasteiger partial charge in [0.25, 0.3) is 0 Å². The second kappa shape index (κ2) is 6.84. The van der Waals surface area contributed by atoms with Gasteiger partial charge in [-0.15, -0.1) is 10.2 Å². The summed E-state index contributed by atoms with van der Waals surface area (Å²) in [5, 5.41) is 12.2. The SMILES string of the molecule is CCc1nnc(NC(=O)C2CCN(C(=O)N(C)C)CC2)s1. The van der Waals surface area contributed by atoms with Gasteiger partial charge in [0.2, 0.25) is 11.0 Å². The summed E-state index contributed by atoms with van der Waals surface area (Å²) < 4.78 is 0. The van der Waals surface area contributed by atoms with Crippen molar-refractivity contribution in [3.8, 4) is 0 Å². The minimum atomic E-state index is -0.0646. The van der Waals surface area contributed by atoms with Crippen LogP contribution in [0.1, 0.15) is 24.8 Å². The molecule has 1 aliphatic rings. The smallest absolute Gasteiger partial charge is 0.319 e. The lowest BCUT2D eigenvalue weighted by atomic mass is 9.96. The summed E-state index contributed by atoms with van der Waals surface area (Å²) in [6.07, 6.45) is 2.19. The molecule has 2 rings (SSSR count). The molecule has 0 bridgehead atoms. The first-order chi connectivity index (χ1) is 10.0. The molecule has 1 aliphatic heterocycles. The van der Waals surface area contributed by atoms with Crippen LogP contribution >= 0.6 is 11.3 Å². The molecule has 1 fully saturated rings. The maximum absolute atomic E-state index is 12.2. The van der Waals surface area contributed by atoms with E-state index in [0.717, 1.165) is 11.4 Å². The van der Waals surface area contributed by atoms with Crippen molar-refractivity contribution in [2.45, 2.75) is 26.2 Å². The number of likely N-dealkylation sites (tertiary alicyclic amines) is 1. The van der Waals surface area contributed by atoms with Crippen LogP contribution in [-0.2, 0) is 11.2 Å². The monoisotopic (exact) mass is 311 g/mol. The van der Waals surface area contributed by atoms with Crippen LogP contribution in [0.5, 0.6) is 0 Å². The number of rotatable bonds is 3. The zero-order valence-electron chi connectivity index (χ0n) is 12.6. The molecule has 1 aromatic heterocycles. The highest BCUT2D eigenvalue weighted by Gasteiger charge is 2.28. The van der Waals surface area contributed by atoms with E-state index in [2.05, 4.69) is 15.5 Å². The molecule has 116 valence electrons. The molecule has 1 aromatic rings. The van der Waals surface area contributed by atoms with E-state index in [9.17, 15) is 9.59 Å². The Hall–Kier alpha value is -1.70. The maximum atomic E-state index is 12.2. The molecule has 0 radical (unpaired) electrons. The Morgan fingerprint density at radius 3 is 2.52 bits per heavy atom. The third kappa shape index (κ3) is 3.90. The average Bonchev–Trinajstić information content (AvgIpc) is 2.94. The molecule has 3 amide bonds. The lowest BCUT2D eigenvalue weighted by Crippen LogP contribution is -2.45. The molecule has 0 aromatic carbocycles. The largest absolute Gasteiger partial charge is 0.331 e. The number of urea groups is 1. The van der Waals surface area contributed by atoms with E-state index in [1.807, 2.05) is 6.92 Å². The number of carbonyl (C=O) groups excluding carboxylic acids is 2. The molecule has 8 heteroatoms. The van der Waals surface area contributed by atoms with Crippen LogP contribution in [0, 0.1) is 5.92 Å². The Bertz CT molecular complexity index is 508.